The van der Waals surface area contributed by atoms with Crippen LogP contribution < -0.4 is 10.4 Å². The molecular weight excluding hydrogens is 1100 g/mol. The summed E-state index contributed by atoms with van der Waals surface area (Å²) in [4.78, 5) is 86.9. The van der Waals surface area contributed by atoms with Gasteiger partial charge in [-0.1, -0.05) is 236 Å². The van der Waals surface area contributed by atoms with E-state index >= 15 is 19.2 Å². The predicted octanol–water partition coefficient (Wildman–Crippen LogP) is 15.9. The predicted molar refractivity (Wildman–Crippen MR) is 352 cm³/mol. The molecule has 442 valence electrons. The highest BCUT2D eigenvalue weighted by Crippen LogP contribution is 2.45. The fourth-order valence-electron chi connectivity index (χ4n) is 10.2. The van der Waals surface area contributed by atoms with Gasteiger partial charge in [0.15, 0.2) is 17.3 Å². The Labute approximate surface area is 515 Å². The first-order chi connectivity index (χ1) is 41.9. The van der Waals surface area contributed by atoms with Crippen LogP contribution in [-0.4, -0.2) is 62.9 Å². The highest BCUT2D eigenvalue weighted by Gasteiger charge is 2.52. The van der Waals surface area contributed by atoms with Gasteiger partial charge in [0, 0.05) is 33.9 Å². The molecule has 12 nitrogen and oxygen atoms in total. The Balaban J connectivity index is 1.36. The van der Waals surface area contributed by atoms with Crippen LogP contribution in [-0.2, 0) is 39.3 Å². The maximum absolute atomic E-state index is 17.1. The van der Waals surface area contributed by atoms with E-state index in [-0.39, 0.29) is 32.7 Å². The maximum Gasteiger partial charge on any atom is 0.494 e. The van der Waals surface area contributed by atoms with Gasteiger partial charge < -0.3 is 19.2 Å². The topological polar surface area (TPSA) is 162 Å². The van der Waals surface area contributed by atoms with Crippen LogP contribution >= 0.6 is 0 Å². The molecule has 1 aliphatic heterocycles. The van der Waals surface area contributed by atoms with Gasteiger partial charge in [-0.2, -0.15) is 0 Å². The minimum Gasteiger partial charge on any atom is -0.464 e. The zero-order valence-corrected chi connectivity index (χ0v) is 51.1. The van der Waals surface area contributed by atoms with E-state index in [2.05, 4.69) is 30.7 Å². The third-order valence-corrected chi connectivity index (χ3v) is 15.3. The number of ketones is 3. The lowest BCUT2D eigenvalue weighted by atomic mass is 9.70. The van der Waals surface area contributed by atoms with Crippen molar-refractivity contribution in [3.05, 3.63) is 273 Å². The van der Waals surface area contributed by atoms with Crippen LogP contribution in [0.5, 0.6) is 0 Å². The van der Waals surface area contributed by atoms with Crippen molar-refractivity contribution in [2.45, 2.75) is 91.3 Å². The molecule has 0 aliphatic carbocycles. The van der Waals surface area contributed by atoms with E-state index < -0.39 is 70.4 Å². The van der Waals surface area contributed by atoms with Crippen molar-refractivity contribution in [3.8, 4) is 0 Å². The van der Waals surface area contributed by atoms with Crippen molar-refractivity contribution in [1.29, 1.82) is 0 Å². The molecule has 8 aromatic rings. The van der Waals surface area contributed by atoms with Crippen LogP contribution in [0.1, 0.15) is 114 Å². The molecule has 0 spiro atoms. The molecule has 2 amide bonds. The number of Topliss-reactive ketones (excluding diaryl/α,β-unsaturated/α-hetero) is 1. The van der Waals surface area contributed by atoms with Crippen LogP contribution in [0.4, 0.5) is 15.5 Å². The fourth-order valence-corrected chi connectivity index (χ4v) is 10.2. The normalized spacial score (nSPS) is 14.9. The summed E-state index contributed by atoms with van der Waals surface area (Å²) >= 11 is 0. The molecule has 1 aliphatic rings. The highest BCUT2D eigenvalue weighted by atomic mass is 16.7. The van der Waals surface area contributed by atoms with E-state index in [9.17, 15) is 9.90 Å². The Morgan fingerprint density at radius 1 is 0.557 bits per heavy atom. The number of ether oxygens (including phenoxy) is 1. The molecule has 0 bridgehead atoms. The van der Waals surface area contributed by atoms with Gasteiger partial charge in [0.25, 0.3) is 0 Å². The summed E-state index contributed by atoms with van der Waals surface area (Å²) in [6, 6.07) is 56.0. The summed E-state index contributed by atoms with van der Waals surface area (Å²) in [7, 11) is -0.721. The zero-order chi connectivity index (χ0) is 63.0. The van der Waals surface area contributed by atoms with Crippen LogP contribution in [0, 0.1) is 0 Å². The molecule has 2 heterocycles. The fraction of sp³-hybridized carbons (Fsp3) is 0.187. The van der Waals surface area contributed by atoms with Crippen LogP contribution in [0.25, 0.3) is 46.9 Å². The molecule has 1 aromatic heterocycles. The Bertz CT molecular complexity index is 4100. The molecule has 0 radical (unpaired) electrons. The van der Waals surface area contributed by atoms with Gasteiger partial charge in [0.1, 0.15) is 0 Å². The number of benzene rings is 7. The highest BCUT2D eigenvalue weighted by molar-refractivity contribution is 6.62. The first kappa shape index (κ1) is 62.6. The third-order valence-electron chi connectivity index (χ3n) is 15.3. The number of amides is 2. The summed E-state index contributed by atoms with van der Waals surface area (Å²) in [5, 5.41) is 11.5. The van der Waals surface area contributed by atoms with Crippen molar-refractivity contribution in [1.82, 2.24) is 9.97 Å². The lowest BCUT2D eigenvalue weighted by Crippen LogP contribution is -2.41. The second-order valence-electron chi connectivity index (χ2n) is 24.4. The number of nitrogens with zero attached hydrogens (tertiary/aromatic N) is 3. The van der Waals surface area contributed by atoms with E-state index in [0.29, 0.717) is 38.7 Å². The Hall–Kier alpha value is -9.95. The van der Waals surface area contributed by atoms with E-state index in [1.54, 1.807) is 97.1 Å². The number of hydrogen-bond acceptors (Lipinski definition) is 10. The van der Waals surface area contributed by atoms with Gasteiger partial charge >= 0.3 is 19.3 Å². The summed E-state index contributed by atoms with van der Waals surface area (Å²) in [5.41, 5.74) is 2.85. The van der Waals surface area contributed by atoms with Crippen molar-refractivity contribution >= 4 is 94.9 Å². The Kier molecular flexibility index (Phi) is 18.7. The Morgan fingerprint density at radius 2 is 1.02 bits per heavy atom. The summed E-state index contributed by atoms with van der Waals surface area (Å²) in [6.45, 7) is 20.1. The second kappa shape index (κ2) is 26.4. The largest absolute Gasteiger partial charge is 0.494 e. The summed E-state index contributed by atoms with van der Waals surface area (Å²) in [6.07, 6.45) is 8.63. The standard InChI is InChI=1S/C75H70BN3O9/c1-72(2,3)60-38-26-37-57(67(60)73(4,5)6)65(58(45-52-31-20-13-21-32-52)62(80)43-39-50-27-16-11-17-28-50)66(59(46-53-33-22-14-23-34-53)63(81)44-40-51-29-18-12-19-30-51)68(82)64(47-54-35-24-15-25-36-54)86-71(85)79(70(83)84)69-77-49-55-48-56(41-42-61(55)78-69)76-87-74(7,8)75(9,10)88-76/h11-49H,1-10H3,(H,83,84). The number of fused-ring (bicyclic) bond motifs is 1. The molecule has 1 saturated heterocycles. The number of carbonyl (C=O) groups is 5. The number of aromatic nitrogens is 2. The number of carbonyl (C=O) groups excluding carboxylic acids is 4. The van der Waals surface area contributed by atoms with Crippen molar-refractivity contribution in [3.63, 3.8) is 0 Å². The van der Waals surface area contributed by atoms with E-state index in [1.165, 1.54) is 24.4 Å². The SMILES string of the molecule is CC(C)(C)c1cccc(C(C(=Cc2ccccc2)C(=O)C=Cc2ccccc2)=C(C(=O)C(=Cc2ccccc2)OC(=O)N(C(=O)O)c2ncc3cc(B4OC(C)(C)C(C)(C)O4)ccc3n2)C(=Cc2ccccc2)C(=O)C=Cc2ccccc2)c1C(C)(C)C. The lowest BCUT2D eigenvalue weighted by Gasteiger charge is -2.34. The molecule has 13 heteroatoms. The molecule has 9 rings (SSSR count). The quantitative estimate of drug-likeness (QED) is 0.0400. The summed E-state index contributed by atoms with van der Waals surface area (Å²) < 4.78 is 18.8. The number of allylic oxidation sites excluding steroid dienone is 6. The number of anilines is 1. The number of hydrogen-bond donors (Lipinski definition) is 1. The number of carboxylic acid groups (broad SMARTS) is 1. The van der Waals surface area contributed by atoms with Crippen LogP contribution in [0.3, 0.4) is 0 Å². The van der Waals surface area contributed by atoms with Gasteiger partial charge in [-0.25, -0.2) is 19.6 Å². The molecule has 88 heavy (non-hydrogen) atoms. The maximum atomic E-state index is 17.1. The van der Waals surface area contributed by atoms with E-state index in [1.807, 2.05) is 164 Å². The van der Waals surface area contributed by atoms with Gasteiger partial charge in [0.05, 0.1) is 16.7 Å². The minimum atomic E-state index is -1.83. The van der Waals surface area contributed by atoms with Gasteiger partial charge in [0.2, 0.25) is 11.7 Å². The van der Waals surface area contributed by atoms with Crippen molar-refractivity contribution < 1.29 is 43.1 Å². The Morgan fingerprint density at radius 3 is 1.50 bits per heavy atom. The lowest BCUT2D eigenvalue weighted by molar-refractivity contribution is -0.115. The first-order valence-corrected chi connectivity index (χ1v) is 29.0. The van der Waals surface area contributed by atoms with Gasteiger partial charge in [-0.3, -0.25) is 14.4 Å². The number of imide groups is 1. The number of rotatable bonds is 17. The van der Waals surface area contributed by atoms with E-state index in [4.69, 9.17) is 14.0 Å². The first-order valence-electron chi connectivity index (χ1n) is 29.0. The molecule has 0 atom stereocenters. The van der Waals surface area contributed by atoms with Crippen molar-refractivity contribution in [2.24, 2.45) is 0 Å². The smallest absolute Gasteiger partial charge is 0.464 e. The zero-order valence-electron chi connectivity index (χ0n) is 51.1. The van der Waals surface area contributed by atoms with Crippen LogP contribution in [0.2, 0.25) is 0 Å². The molecule has 1 N–H and O–H groups in total. The van der Waals surface area contributed by atoms with Crippen LogP contribution in [0.15, 0.2) is 229 Å². The van der Waals surface area contributed by atoms with Gasteiger partial charge in [-0.05, 0) is 125 Å². The summed E-state index contributed by atoms with van der Waals surface area (Å²) in [5.74, 6) is -3.56. The molecular formula is C75H70BN3O9. The van der Waals surface area contributed by atoms with Crippen molar-refractivity contribution in [2.75, 3.05) is 4.90 Å². The minimum absolute atomic E-state index is 0.000780. The average molecular weight is 1170 g/mol. The molecule has 0 unspecified atom stereocenters. The molecule has 0 saturated carbocycles. The van der Waals surface area contributed by atoms with E-state index in [0.717, 1.165) is 16.7 Å². The van der Waals surface area contributed by atoms with Gasteiger partial charge in [-0.15, -0.1) is 4.90 Å². The molecule has 1 fully saturated rings. The second-order valence-corrected chi connectivity index (χ2v) is 24.4. The monoisotopic (exact) mass is 1170 g/mol. The third kappa shape index (κ3) is 14.6. The average Bonchev–Trinajstić information content (AvgIpc) is 0.860. The molecule has 7 aromatic carbocycles.